The van der Waals surface area contributed by atoms with Crippen molar-refractivity contribution in [2.75, 3.05) is 5.75 Å². The fourth-order valence-electron chi connectivity index (χ4n) is 3.12. The van der Waals surface area contributed by atoms with Gasteiger partial charge in [-0.25, -0.2) is 0 Å². The topological polar surface area (TPSA) is 0 Å². The van der Waals surface area contributed by atoms with Gasteiger partial charge in [-0.1, -0.05) is 109 Å². The van der Waals surface area contributed by atoms with Crippen LogP contribution in [0.3, 0.4) is 0 Å². The van der Waals surface area contributed by atoms with Crippen LogP contribution >= 0.6 is 12.6 Å². The summed E-state index contributed by atoms with van der Waals surface area (Å²) < 4.78 is 0. The molecule has 0 amide bonds. The van der Waals surface area contributed by atoms with E-state index in [1.165, 1.54) is 109 Å². The van der Waals surface area contributed by atoms with Gasteiger partial charge in [0.25, 0.3) is 0 Å². The summed E-state index contributed by atoms with van der Waals surface area (Å²) in [6, 6.07) is 0. The van der Waals surface area contributed by atoms with E-state index in [2.05, 4.69) is 43.2 Å². The largest absolute Gasteiger partial charge is 0.179 e. The lowest BCUT2D eigenvalue weighted by Gasteiger charge is -2.00. The van der Waals surface area contributed by atoms with Gasteiger partial charge in [-0.2, -0.15) is 12.6 Å². The first-order chi connectivity index (χ1) is 12.9. The Hall–Kier alpha value is -0.530. The standard InChI is InChI=1S/C25H44S/c1-2-3-4-5-6-7-8-9-10-11-12-13-14-15-16-17-18-19-20-21-22-23-24-25-26/h26H,2-11,16-25H2,1H3. The molecule has 26 heavy (non-hydrogen) atoms. The molecule has 0 aliphatic carbocycles. The van der Waals surface area contributed by atoms with Crippen LogP contribution in [0.5, 0.6) is 0 Å². The average Bonchev–Trinajstić information content (AvgIpc) is 2.66. The molecule has 0 aromatic rings. The van der Waals surface area contributed by atoms with E-state index in [-0.39, 0.29) is 0 Å². The van der Waals surface area contributed by atoms with Crippen molar-refractivity contribution in [1.82, 2.24) is 0 Å². The highest BCUT2D eigenvalue weighted by molar-refractivity contribution is 7.80. The summed E-state index contributed by atoms with van der Waals surface area (Å²) in [5, 5.41) is 0. The SMILES string of the molecule is CCCCCCCCCCCC#CC#CCCCCCCCCCCS. The van der Waals surface area contributed by atoms with Crippen molar-refractivity contribution in [3.8, 4) is 23.7 Å². The third-order valence-corrected chi connectivity index (χ3v) is 5.17. The lowest BCUT2D eigenvalue weighted by molar-refractivity contribution is 0.567. The molecule has 0 radical (unpaired) electrons. The number of hydrogen-bond donors (Lipinski definition) is 1. The fraction of sp³-hybridized carbons (Fsp3) is 0.840. The van der Waals surface area contributed by atoms with Gasteiger partial charge in [-0.3, -0.25) is 0 Å². The maximum absolute atomic E-state index is 4.24. The first-order valence-corrected chi connectivity index (χ1v) is 12.1. The average molecular weight is 377 g/mol. The lowest BCUT2D eigenvalue weighted by atomic mass is 10.1. The summed E-state index contributed by atoms with van der Waals surface area (Å²) in [5.74, 6) is 13.5. The van der Waals surface area contributed by atoms with Crippen molar-refractivity contribution in [3.05, 3.63) is 0 Å². The summed E-state index contributed by atoms with van der Waals surface area (Å²) >= 11 is 4.24. The minimum atomic E-state index is 1.02. The van der Waals surface area contributed by atoms with Crippen LogP contribution < -0.4 is 0 Å². The van der Waals surface area contributed by atoms with Crippen molar-refractivity contribution in [1.29, 1.82) is 0 Å². The first kappa shape index (κ1) is 25.5. The molecular formula is C25H44S. The van der Waals surface area contributed by atoms with E-state index in [4.69, 9.17) is 0 Å². The van der Waals surface area contributed by atoms with E-state index < -0.39 is 0 Å². The van der Waals surface area contributed by atoms with Crippen LogP contribution in [0.15, 0.2) is 0 Å². The number of thiol groups is 1. The lowest BCUT2D eigenvalue weighted by Crippen LogP contribution is -1.81. The van der Waals surface area contributed by atoms with E-state index in [0.29, 0.717) is 0 Å². The predicted molar refractivity (Wildman–Crippen MR) is 123 cm³/mol. The highest BCUT2D eigenvalue weighted by Gasteiger charge is 1.92. The second-order valence-corrected chi connectivity index (χ2v) is 7.93. The normalized spacial score (nSPS) is 10.1. The molecule has 0 aliphatic rings. The monoisotopic (exact) mass is 376 g/mol. The Morgan fingerprint density at radius 2 is 0.808 bits per heavy atom. The summed E-state index contributed by atoms with van der Waals surface area (Å²) in [6.45, 7) is 2.28. The Labute approximate surface area is 171 Å². The predicted octanol–water partition coefficient (Wildman–Crippen LogP) is 8.35. The van der Waals surface area contributed by atoms with E-state index >= 15 is 0 Å². The Morgan fingerprint density at radius 1 is 0.462 bits per heavy atom. The minimum Gasteiger partial charge on any atom is -0.179 e. The molecule has 150 valence electrons. The molecule has 0 aromatic carbocycles. The molecule has 0 N–H and O–H groups in total. The molecule has 0 bridgehead atoms. The van der Waals surface area contributed by atoms with Crippen LogP contribution in [0.1, 0.15) is 129 Å². The second-order valence-electron chi connectivity index (χ2n) is 7.48. The van der Waals surface area contributed by atoms with Gasteiger partial charge >= 0.3 is 0 Å². The van der Waals surface area contributed by atoms with Gasteiger partial charge in [-0.05, 0) is 36.9 Å². The number of hydrogen-bond acceptors (Lipinski definition) is 1. The zero-order chi connectivity index (χ0) is 19.0. The molecule has 0 aliphatic heterocycles. The van der Waals surface area contributed by atoms with Gasteiger partial charge in [0.15, 0.2) is 0 Å². The maximum Gasteiger partial charge on any atom is 0.00989 e. The summed E-state index contributed by atoms with van der Waals surface area (Å²) in [6.07, 6.45) is 25.2. The highest BCUT2D eigenvalue weighted by Crippen LogP contribution is 2.10. The van der Waals surface area contributed by atoms with Gasteiger partial charge in [0.1, 0.15) is 0 Å². The Bertz CT molecular complexity index is 338. The van der Waals surface area contributed by atoms with Gasteiger partial charge in [0.2, 0.25) is 0 Å². The zero-order valence-electron chi connectivity index (χ0n) is 17.6. The van der Waals surface area contributed by atoms with Crippen LogP contribution in [0.25, 0.3) is 0 Å². The molecule has 1 heteroatoms. The minimum absolute atomic E-state index is 1.02. The quantitative estimate of drug-likeness (QED) is 0.139. The zero-order valence-corrected chi connectivity index (χ0v) is 18.5. The van der Waals surface area contributed by atoms with Gasteiger partial charge in [-0.15, -0.1) is 0 Å². The van der Waals surface area contributed by atoms with E-state index in [0.717, 1.165) is 18.6 Å². The third kappa shape index (κ3) is 23.5. The van der Waals surface area contributed by atoms with Crippen LogP contribution in [0.2, 0.25) is 0 Å². The first-order valence-electron chi connectivity index (χ1n) is 11.5. The Balaban J connectivity index is 3.22. The Kier molecular flexibility index (Phi) is 24.0. The number of rotatable bonds is 18. The molecule has 0 rings (SSSR count). The fourth-order valence-corrected chi connectivity index (χ4v) is 3.35. The smallest absolute Gasteiger partial charge is 0.00989 e. The molecule has 0 aromatic heterocycles. The molecule has 0 unspecified atom stereocenters. The van der Waals surface area contributed by atoms with Crippen LogP contribution in [0.4, 0.5) is 0 Å². The highest BCUT2D eigenvalue weighted by atomic mass is 32.1. The summed E-state index contributed by atoms with van der Waals surface area (Å²) in [4.78, 5) is 0. The molecule has 0 spiro atoms. The molecular weight excluding hydrogens is 332 g/mol. The van der Waals surface area contributed by atoms with Crippen LogP contribution in [-0.4, -0.2) is 5.75 Å². The second kappa shape index (κ2) is 24.5. The van der Waals surface area contributed by atoms with E-state index in [1.54, 1.807) is 0 Å². The van der Waals surface area contributed by atoms with Crippen molar-refractivity contribution in [2.45, 2.75) is 129 Å². The van der Waals surface area contributed by atoms with E-state index in [9.17, 15) is 0 Å². The summed E-state index contributed by atoms with van der Waals surface area (Å²) in [7, 11) is 0. The molecule has 0 heterocycles. The maximum atomic E-state index is 4.24. The van der Waals surface area contributed by atoms with Crippen molar-refractivity contribution >= 4 is 12.6 Å². The molecule has 0 fully saturated rings. The van der Waals surface area contributed by atoms with Crippen molar-refractivity contribution < 1.29 is 0 Å². The van der Waals surface area contributed by atoms with Gasteiger partial charge < -0.3 is 0 Å². The van der Waals surface area contributed by atoms with Gasteiger partial charge in [0.05, 0.1) is 0 Å². The third-order valence-electron chi connectivity index (χ3n) is 4.85. The molecule has 0 nitrogen and oxygen atoms in total. The van der Waals surface area contributed by atoms with E-state index in [1.807, 2.05) is 0 Å². The molecule has 0 saturated carbocycles. The number of unbranched alkanes of at least 4 members (excludes halogenated alkanes) is 17. The van der Waals surface area contributed by atoms with Gasteiger partial charge in [0, 0.05) is 12.8 Å². The Morgan fingerprint density at radius 3 is 1.19 bits per heavy atom. The van der Waals surface area contributed by atoms with Crippen molar-refractivity contribution in [3.63, 3.8) is 0 Å². The van der Waals surface area contributed by atoms with Crippen LogP contribution in [0, 0.1) is 23.7 Å². The molecule has 0 saturated heterocycles. The summed E-state index contributed by atoms with van der Waals surface area (Å²) in [5.41, 5.74) is 0. The van der Waals surface area contributed by atoms with Crippen molar-refractivity contribution in [2.24, 2.45) is 0 Å². The van der Waals surface area contributed by atoms with Crippen LogP contribution in [-0.2, 0) is 0 Å². The molecule has 0 atom stereocenters.